The van der Waals surface area contributed by atoms with E-state index in [-0.39, 0.29) is 42.0 Å². The summed E-state index contributed by atoms with van der Waals surface area (Å²) in [6, 6.07) is 5.42. The van der Waals surface area contributed by atoms with Gasteiger partial charge in [0.25, 0.3) is 0 Å². The first-order chi connectivity index (χ1) is 11.6. The maximum atomic E-state index is 12.9. The van der Waals surface area contributed by atoms with Gasteiger partial charge in [-0.1, -0.05) is 0 Å². The SMILES string of the molecule is O=C(CCC(=O)c1ccc(F)cc1)NC1COC2(CCNCC2)C1. The fourth-order valence-electron chi connectivity index (χ4n) is 3.47. The molecule has 130 valence electrons. The summed E-state index contributed by atoms with van der Waals surface area (Å²) in [5.41, 5.74) is 0.342. The Hall–Kier alpha value is -1.79. The Labute approximate surface area is 141 Å². The van der Waals surface area contributed by atoms with E-state index >= 15 is 0 Å². The van der Waals surface area contributed by atoms with E-state index < -0.39 is 0 Å². The Kier molecular flexibility index (Phi) is 5.26. The predicted octanol–water partition coefficient (Wildman–Crippen LogP) is 1.82. The zero-order chi connectivity index (χ0) is 17.0. The number of ether oxygens (including phenoxy) is 1. The van der Waals surface area contributed by atoms with Crippen molar-refractivity contribution in [2.75, 3.05) is 19.7 Å². The van der Waals surface area contributed by atoms with Crippen molar-refractivity contribution in [3.05, 3.63) is 35.6 Å². The second-order valence-corrected chi connectivity index (χ2v) is 6.64. The fraction of sp³-hybridized carbons (Fsp3) is 0.556. The largest absolute Gasteiger partial charge is 0.373 e. The number of carbonyl (C=O) groups is 2. The normalized spacial score (nSPS) is 22.5. The summed E-state index contributed by atoms with van der Waals surface area (Å²) in [5, 5.41) is 6.28. The summed E-state index contributed by atoms with van der Waals surface area (Å²) in [6.07, 6.45) is 3.05. The highest BCUT2D eigenvalue weighted by molar-refractivity contribution is 5.97. The van der Waals surface area contributed by atoms with Crippen LogP contribution in [0.1, 0.15) is 42.5 Å². The summed E-state index contributed by atoms with van der Waals surface area (Å²) in [6.45, 7) is 2.44. The average molecular weight is 334 g/mol. The van der Waals surface area contributed by atoms with Crippen molar-refractivity contribution in [2.45, 2.75) is 43.7 Å². The number of halogens is 1. The zero-order valence-corrected chi connectivity index (χ0v) is 13.6. The van der Waals surface area contributed by atoms with Crippen LogP contribution in [-0.2, 0) is 9.53 Å². The molecular formula is C18H23FN2O3. The number of nitrogens with one attached hydrogen (secondary N) is 2. The van der Waals surface area contributed by atoms with Gasteiger partial charge in [0, 0.05) is 18.4 Å². The van der Waals surface area contributed by atoms with E-state index in [0.29, 0.717) is 12.2 Å². The van der Waals surface area contributed by atoms with Gasteiger partial charge in [-0.25, -0.2) is 4.39 Å². The minimum absolute atomic E-state index is 0.0246. The Balaban J connectivity index is 1.43. The van der Waals surface area contributed by atoms with Crippen LogP contribution < -0.4 is 10.6 Å². The van der Waals surface area contributed by atoms with Gasteiger partial charge in [0.05, 0.1) is 18.2 Å². The molecular weight excluding hydrogens is 311 g/mol. The van der Waals surface area contributed by atoms with Crippen molar-refractivity contribution in [3.63, 3.8) is 0 Å². The van der Waals surface area contributed by atoms with Crippen LogP contribution in [0.25, 0.3) is 0 Å². The maximum Gasteiger partial charge on any atom is 0.220 e. The summed E-state index contributed by atoms with van der Waals surface area (Å²) < 4.78 is 18.8. The lowest BCUT2D eigenvalue weighted by molar-refractivity contribution is -0.121. The molecule has 2 heterocycles. The molecule has 0 saturated carbocycles. The number of rotatable bonds is 5. The van der Waals surface area contributed by atoms with E-state index in [1.165, 1.54) is 24.3 Å². The zero-order valence-electron chi connectivity index (χ0n) is 13.6. The van der Waals surface area contributed by atoms with Crippen LogP contribution in [0.15, 0.2) is 24.3 Å². The number of Topliss-reactive ketones (excluding diaryl/α,β-unsaturated/α-hetero) is 1. The summed E-state index contributed by atoms with van der Waals surface area (Å²) in [4.78, 5) is 24.1. The van der Waals surface area contributed by atoms with Crippen molar-refractivity contribution in [3.8, 4) is 0 Å². The molecule has 0 aromatic heterocycles. The monoisotopic (exact) mass is 334 g/mol. The second-order valence-electron chi connectivity index (χ2n) is 6.64. The van der Waals surface area contributed by atoms with E-state index in [4.69, 9.17) is 4.74 Å². The van der Waals surface area contributed by atoms with Crippen molar-refractivity contribution in [2.24, 2.45) is 0 Å². The maximum absolute atomic E-state index is 12.9. The van der Waals surface area contributed by atoms with Gasteiger partial charge in [-0.3, -0.25) is 9.59 Å². The van der Waals surface area contributed by atoms with E-state index in [0.717, 1.165) is 32.4 Å². The molecule has 1 spiro atoms. The van der Waals surface area contributed by atoms with Gasteiger partial charge in [-0.05, 0) is 56.6 Å². The molecule has 1 amide bonds. The topological polar surface area (TPSA) is 67.4 Å². The Morgan fingerprint density at radius 3 is 2.62 bits per heavy atom. The van der Waals surface area contributed by atoms with Crippen LogP contribution in [-0.4, -0.2) is 43.0 Å². The highest BCUT2D eigenvalue weighted by Gasteiger charge is 2.41. The van der Waals surface area contributed by atoms with Crippen LogP contribution in [0.3, 0.4) is 0 Å². The number of hydrogen-bond donors (Lipinski definition) is 2. The van der Waals surface area contributed by atoms with Crippen molar-refractivity contribution in [1.82, 2.24) is 10.6 Å². The molecule has 24 heavy (non-hydrogen) atoms. The number of benzene rings is 1. The van der Waals surface area contributed by atoms with Crippen LogP contribution >= 0.6 is 0 Å². The summed E-state index contributed by atoms with van der Waals surface area (Å²) in [7, 11) is 0. The Morgan fingerprint density at radius 1 is 1.21 bits per heavy atom. The molecule has 2 aliphatic rings. The van der Waals surface area contributed by atoms with Gasteiger partial charge in [0.2, 0.25) is 5.91 Å². The number of piperidine rings is 1. The van der Waals surface area contributed by atoms with Crippen LogP contribution in [0.5, 0.6) is 0 Å². The average Bonchev–Trinajstić information content (AvgIpc) is 2.96. The predicted molar refractivity (Wildman–Crippen MR) is 87.3 cm³/mol. The minimum atomic E-state index is -0.377. The van der Waals surface area contributed by atoms with Crippen LogP contribution in [0.4, 0.5) is 4.39 Å². The molecule has 3 rings (SSSR count). The first-order valence-electron chi connectivity index (χ1n) is 8.49. The number of amides is 1. The van der Waals surface area contributed by atoms with E-state index in [1.54, 1.807) is 0 Å². The minimum Gasteiger partial charge on any atom is -0.373 e. The lowest BCUT2D eigenvalue weighted by Gasteiger charge is -2.32. The van der Waals surface area contributed by atoms with Crippen molar-refractivity contribution in [1.29, 1.82) is 0 Å². The lowest BCUT2D eigenvalue weighted by Crippen LogP contribution is -2.43. The molecule has 1 aromatic carbocycles. The van der Waals surface area contributed by atoms with Crippen LogP contribution in [0, 0.1) is 5.82 Å². The van der Waals surface area contributed by atoms with Gasteiger partial charge < -0.3 is 15.4 Å². The van der Waals surface area contributed by atoms with Gasteiger partial charge >= 0.3 is 0 Å². The molecule has 6 heteroatoms. The molecule has 2 fully saturated rings. The molecule has 0 radical (unpaired) electrons. The van der Waals surface area contributed by atoms with Gasteiger partial charge in [0.15, 0.2) is 5.78 Å². The fourth-order valence-corrected chi connectivity index (χ4v) is 3.47. The number of ketones is 1. The first kappa shape index (κ1) is 17.0. The lowest BCUT2D eigenvalue weighted by atomic mass is 9.88. The molecule has 2 N–H and O–H groups in total. The molecule has 0 bridgehead atoms. The van der Waals surface area contributed by atoms with Gasteiger partial charge in [-0.2, -0.15) is 0 Å². The molecule has 2 aliphatic heterocycles. The van der Waals surface area contributed by atoms with E-state index in [9.17, 15) is 14.0 Å². The third-order valence-electron chi connectivity index (χ3n) is 4.83. The Bertz CT molecular complexity index is 597. The van der Waals surface area contributed by atoms with E-state index in [2.05, 4.69) is 10.6 Å². The molecule has 2 saturated heterocycles. The van der Waals surface area contributed by atoms with E-state index in [1.807, 2.05) is 0 Å². The highest BCUT2D eigenvalue weighted by atomic mass is 19.1. The number of hydrogen-bond acceptors (Lipinski definition) is 4. The quantitative estimate of drug-likeness (QED) is 0.806. The van der Waals surface area contributed by atoms with Crippen molar-refractivity contribution >= 4 is 11.7 Å². The standard InChI is InChI=1S/C18H23FN2O3/c19-14-3-1-13(2-4-14)16(22)5-6-17(23)21-15-11-18(24-12-15)7-9-20-10-8-18/h1-4,15,20H,5-12H2,(H,21,23). The summed E-state index contributed by atoms with van der Waals surface area (Å²) in [5.74, 6) is -0.662. The van der Waals surface area contributed by atoms with Gasteiger partial charge in [-0.15, -0.1) is 0 Å². The third kappa shape index (κ3) is 4.19. The smallest absolute Gasteiger partial charge is 0.220 e. The third-order valence-corrected chi connectivity index (χ3v) is 4.83. The first-order valence-corrected chi connectivity index (χ1v) is 8.49. The van der Waals surface area contributed by atoms with Crippen LogP contribution in [0.2, 0.25) is 0 Å². The molecule has 1 aromatic rings. The van der Waals surface area contributed by atoms with Gasteiger partial charge in [0.1, 0.15) is 5.82 Å². The number of carbonyl (C=O) groups excluding carboxylic acids is 2. The Morgan fingerprint density at radius 2 is 1.92 bits per heavy atom. The van der Waals surface area contributed by atoms with Crippen molar-refractivity contribution < 1.29 is 18.7 Å². The summed E-state index contributed by atoms with van der Waals surface area (Å²) >= 11 is 0. The molecule has 1 atom stereocenters. The molecule has 5 nitrogen and oxygen atoms in total. The molecule has 1 unspecified atom stereocenters. The molecule has 0 aliphatic carbocycles. The second kappa shape index (κ2) is 7.40. The highest BCUT2D eigenvalue weighted by Crippen LogP contribution is 2.33.